The molecule has 3 unspecified atom stereocenters. The maximum absolute atomic E-state index is 14.0. The fourth-order valence-corrected chi connectivity index (χ4v) is 3.84. The van der Waals surface area contributed by atoms with Crippen LogP contribution in [0.1, 0.15) is 49.8 Å². The van der Waals surface area contributed by atoms with E-state index in [1.165, 1.54) is 12.8 Å². The van der Waals surface area contributed by atoms with E-state index in [2.05, 4.69) is 31.3 Å². The van der Waals surface area contributed by atoms with Crippen LogP contribution in [0.2, 0.25) is 0 Å². The van der Waals surface area contributed by atoms with Crippen LogP contribution in [0.15, 0.2) is 18.2 Å². The van der Waals surface area contributed by atoms with E-state index < -0.39 is 0 Å². The standard InChI is InChI=1S/C17H28FN3/c1-12-6-5-9-17(11-12,21(3)4)16(20-19)14-8-7-13(2)15(18)10-14/h7-8,10,12,16,20H,5-6,9,11,19H2,1-4H3. The first-order valence-electron chi connectivity index (χ1n) is 7.80. The molecule has 3 atom stereocenters. The predicted octanol–water partition coefficient (Wildman–Crippen LogP) is 3.15. The summed E-state index contributed by atoms with van der Waals surface area (Å²) in [5.41, 5.74) is 4.51. The molecule has 3 nitrogen and oxygen atoms in total. The number of hydrogen-bond donors (Lipinski definition) is 2. The maximum Gasteiger partial charge on any atom is 0.126 e. The van der Waals surface area contributed by atoms with Crippen LogP contribution >= 0.6 is 0 Å². The third-order valence-electron chi connectivity index (χ3n) is 5.13. The summed E-state index contributed by atoms with van der Waals surface area (Å²) < 4.78 is 14.0. The Morgan fingerprint density at radius 2 is 2.14 bits per heavy atom. The van der Waals surface area contributed by atoms with E-state index in [1.54, 1.807) is 13.0 Å². The van der Waals surface area contributed by atoms with Gasteiger partial charge in [-0.15, -0.1) is 0 Å². The molecule has 1 fully saturated rings. The molecular formula is C17H28FN3. The van der Waals surface area contributed by atoms with Crippen molar-refractivity contribution >= 4 is 0 Å². The number of nitrogens with two attached hydrogens (primary N) is 1. The highest BCUT2D eigenvalue weighted by molar-refractivity contribution is 5.29. The van der Waals surface area contributed by atoms with Gasteiger partial charge in [-0.25, -0.2) is 4.39 Å². The van der Waals surface area contributed by atoms with E-state index >= 15 is 0 Å². The smallest absolute Gasteiger partial charge is 0.126 e. The van der Waals surface area contributed by atoms with Crippen molar-refractivity contribution in [2.75, 3.05) is 14.1 Å². The van der Waals surface area contributed by atoms with Gasteiger partial charge in [0, 0.05) is 5.54 Å². The molecule has 2 rings (SSSR count). The van der Waals surface area contributed by atoms with Crippen molar-refractivity contribution in [3.63, 3.8) is 0 Å². The Balaban J connectivity index is 2.42. The number of hydrogen-bond acceptors (Lipinski definition) is 3. The van der Waals surface area contributed by atoms with Gasteiger partial charge in [0.25, 0.3) is 0 Å². The molecule has 0 bridgehead atoms. The van der Waals surface area contributed by atoms with Gasteiger partial charge in [0.1, 0.15) is 5.82 Å². The lowest BCUT2D eigenvalue weighted by Gasteiger charge is -2.50. The van der Waals surface area contributed by atoms with Crippen molar-refractivity contribution in [3.05, 3.63) is 35.1 Å². The molecule has 1 aromatic rings. The summed E-state index contributed by atoms with van der Waals surface area (Å²) >= 11 is 0. The minimum Gasteiger partial charge on any atom is -0.302 e. The zero-order chi connectivity index (χ0) is 15.6. The molecule has 0 spiro atoms. The van der Waals surface area contributed by atoms with Crippen molar-refractivity contribution in [2.45, 2.75) is 51.1 Å². The fourth-order valence-electron chi connectivity index (χ4n) is 3.84. The predicted molar refractivity (Wildman–Crippen MR) is 85.3 cm³/mol. The van der Waals surface area contributed by atoms with Gasteiger partial charge in [0.2, 0.25) is 0 Å². The van der Waals surface area contributed by atoms with Crippen LogP contribution in [0.25, 0.3) is 0 Å². The van der Waals surface area contributed by atoms with Crippen molar-refractivity contribution in [1.29, 1.82) is 0 Å². The van der Waals surface area contributed by atoms with Crippen molar-refractivity contribution < 1.29 is 4.39 Å². The molecule has 0 aliphatic heterocycles. The van der Waals surface area contributed by atoms with E-state index in [0.717, 1.165) is 18.4 Å². The minimum absolute atomic E-state index is 0.0614. The minimum atomic E-state index is -0.162. The molecule has 0 radical (unpaired) electrons. The number of rotatable bonds is 4. The highest BCUT2D eigenvalue weighted by Crippen LogP contribution is 2.43. The van der Waals surface area contributed by atoms with Crippen LogP contribution in [0.4, 0.5) is 4.39 Å². The number of halogens is 1. The summed E-state index contributed by atoms with van der Waals surface area (Å²) in [7, 11) is 4.21. The molecular weight excluding hydrogens is 265 g/mol. The van der Waals surface area contributed by atoms with Crippen LogP contribution in [0.3, 0.4) is 0 Å². The lowest BCUT2D eigenvalue weighted by molar-refractivity contribution is 0.0365. The highest BCUT2D eigenvalue weighted by Gasteiger charge is 2.44. The van der Waals surface area contributed by atoms with E-state index in [0.29, 0.717) is 11.5 Å². The van der Waals surface area contributed by atoms with Gasteiger partial charge < -0.3 is 4.90 Å². The highest BCUT2D eigenvalue weighted by atomic mass is 19.1. The number of hydrazine groups is 1. The molecule has 3 N–H and O–H groups in total. The number of nitrogens with zero attached hydrogens (tertiary/aromatic N) is 1. The van der Waals surface area contributed by atoms with Crippen molar-refractivity contribution in [2.24, 2.45) is 11.8 Å². The number of likely N-dealkylation sites (N-methyl/N-ethyl adjacent to an activating group) is 1. The van der Waals surface area contributed by atoms with Crippen LogP contribution in [0, 0.1) is 18.7 Å². The first-order valence-corrected chi connectivity index (χ1v) is 7.80. The topological polar surface area (TPSA) is 41.3 Å². The molecule has 0 heterocycles. The molecule has 1 aliphatic carbocycles. The average molecular weight is 293 g/mol. The largest absolute Gasteiger partial charge is 0.302 e. The Labute approximate surface area is 127 Å². The second-order valence-corrected chi connectivity index (χ2v) is 6.81. The SMILES string of the molecule is Cc1ccc(C(NN)C2(N(C)C)CCCC(C)C2)cc1F. The van der Waals surface area contributed by atoms with Crippen LogP contribution in [0.5, 0.6) is 0 Å². The van der Waals surface area contributed by atoms with Gasteiger partial charge in [-0.3, -0.25) is 11.3 Å². The summed E-state index contributed by atoms with van der Waals surface area (Å²) in [6.07, 6.45) is 4.60. The summed E-state index contributed by atoms with van der Waals surface area (Å²) in [6.45, 7) is 4.08. The molecule has 0 saturated heterocycles. The fraction of sp³-hybridized carbons (Fsp3) is 0.647. The van der Waals surface area contributed by atoms with Gasteiger partial charge >= 0.3 is 0 Å². The Morgan fingerprint density at radius 1 is 1.43 bits per heavy atom. The molecule has 0 amide bonds. The van der Waals surface area contributed by atoms with Gasteiger partial charge in [-0.1, -0.05) is 31.9 Å². The Kier molecular flexibility index (Phi) is 5.02. The van der Waals surface area contributed by atoms with Gasteiger partial charge in [0.05, 0.1) is 6.04 Å². The summed E-state index contributed by atoms with van der Waals surface area (Å²) in [5, 5.41) is 0. The van der Waals surface area contributed by atoms with Gasteiger partial charge in [-0.2, -0.15) is 0 Å². The summed E-state index contributed by atoms with van der Waals surface area (Å²) in [6, 6.07) is 5.40. The molecule has 1 aromatic carbocycles. The monoisotopic (exact) mass is 293 g/mol. The van der Waals surface area contributed by atoms with Crippen LogP contribution in [-0.2, 0) is 0 Å². The summed E-state index contributed by atoms with van der Waals surface area (Å²) in [5.74, 6) is 6.39. The van der Waals surface area contributed by atoms with Gasteiger partial charge in [0.15, 0.2) is 0 Å². The normalized spacial score (nSPS) is 27.9. The van der Waals surface area contributed by atoms with Crippen LogP contribution in [-0.4, -0.2) is 24.5 Å². The molecule has 1 aliphatic rings. The Morgan fingerprint density at radius 3 is 2.67 bits per heavy atom. The van der Waals surface area contributed by atoms with E-state index in [1.807, 2.05) is 12.1 Å². The molecule has 118 valence electrons. The molecule has 21 heavy (non-hydrogen) atoms. The van der Waals surface area contributed by atoms with E-state index in [4.69, 9.17) is 5.84 Å². The Hall–Kier alpha value is -0.970. The lowest BCUT2D eigenvalue weighted by Crippen LogP contribution is -2.57. The Bertz CT molecular complexity index is 489. The second kappa shape index (κ2) is 6.42. The van der Waals surface area contributed by atoms with Crippen molar-refractivity contribution in [1.82, 2.24) is 10.3 Å². The lowest BCUT2D eigenvalue weighted by atomic mass is 9.69. The molecule has 4 heteroatoms. The average Bonchev–Trinajstić information content (AvgIpc) is 2.43. The third-order valence-corrected chi connectivity index (χ3v) is 5.13. The number of benzene rings is 1. The second-order valence-electron chi connectivity index (χ2n) is 6.81. The number of aryl methyl sites for hydroxylation is 1. The molecule has 0 aromatic heterocycles. The zero-order valence-corrected chi connectivity index (χ0v) is 13.6. The number of nitrogens with one attached hydrogen (secondary N) is 1. The quantitative estimate of drug-likeness (QED) is 0.662. The third kappa shape index (κ3) is 3.12. The maximum atomic E-state index is 14.0. The van der Waals surface area contributed by atoms with E-state index in [-0.39, 0.29) is 17.4 Å². The summed E-state index contributed by atoms with van der Waals surface area (Å²) in [4.78, 5) is 2.27. The first kappa shape index (κ1) is 16.4. The zero-order valence-electron chi connectivity index (χ0n) is 13.6. The van der Waals surface area contributed by atoms with Crippen LogP contribution < -0.4 is 11.3 Å². The van der Waals surface area contributed by atoms with E-state index in [9.17, 15) is 4.39 Å². The molecule has 1 saturated carbocycles. The van der Waals surface area contributed by atoms with Crippen molar-refractivity contribution in [3.8, 4) is 0 Å². The van der Waals surface area contributed by atoms with Gasteiger partial charge in [-0.05, 0) is 57.0 Å². The first-order chi connectivity index (χ1) is 9.90.